The van der Waals surface area contributed by atoms with Gasteiger partial charge in [0.1, 0.15) is 0 Å². The molecular formula is C14H18N2O. The van der Waals surface area contributed by atoms with Crippen LogP contribution in [0.4, 0.5) is 0 Å². The van der Waals surface area contributed by atoms with E-state index in [0.29, 0.717) is 0 Å². The molecule has 2 aromatic rings. The summed E-state index contributed by atoms with van der Waals surface area (Å²) >= 11 is 0. The first-order valence-electron chi connectivity index (χ1n) is 5.83. The van der Waals surface area contributed by atoms with E-state index in [2.05, 4.69) is 15.7 Å². The quantitative estimate of drug-likeness (QED) is 0.804. The highest BCUT2D eigenvalue weighted by molar-refractivity contribution is 5.82. The largest absolute Gasteiger partial charge is 0.343 e. The summed E-state index contributed by atoms with van der Waals surface area (Å²) in [5, 5.41) is 1.05. The smallest absolute Gasteiger partial charge is 0.202 e. The first-order chi connectivity index (χ1) is 8.09. The molecule has 90 valence electrons. The van der Waals surface area contributed by atoms with Crippen molar-refractivity contribution in [3.8, 4) is 0 Å². The van der Waals surface area contributed by atoms with Gasteiger partial charge in [-0.1, -0.05) is 18.2 Å². The van der Waals surface area contributed by atoms with Crippen molar-refractivity contribution in [2.75, 3.05) is 20.6 Å². The maximum absolute atomic E-state index is 12.0. The lowest BCUT2D eigenvalue weighted by atomic mass is 10.2. The van der Waals surface area contributed by atoms with Gasteiger partial charge in [0, 0.05) is 24.7 Å². The van der Waals surface area contributed by atoms with Gasteiger partial charge in [-0.15, -0.1) is 0 Å². The first-order valence-corrected chi connectivity index (χ1v) is 5.83. The maximum atomic E-state index is 12.0. The highest BCUT2D eigenvalue weighted by Crippen LogP contribution is 2.16. The predicted molar refractivity (Wildman–Crippen MR) is 71.5 cm³/mol. The van der Waals surface area contributed by atoms with E-state index in [1.54, 1.807) is 12.1 Å². The number of nitrogens with zero attached hydrogens (tertiary/aromatic N) is 2. The summed E-state index contributed by atoms with van der Waals surface area (Å²) < 4.78 is 2.06. The Morgan fingerprint density at radius 2 is 1.94 bits per heavy atom. The van der Waals surface area contributed by atoms with Crippen molar-refractivity contribution >= 4 is 10.9 Å². The summed E-state index contributed by atoms with van der Waals surface area (Å²) in [7, 11) is 4.08. The van der Waals surface area contributed by atoms with E-state index in [1.165, 1.54) is 0 Å². The Kier molecular flexibility index (Phi) is 3.29. The van der Waals surface area contributed by atoms with Gasteiger partial charge in [0.25, 0.3) is 0 Å². The fraction of sp³-hybridized carbons (Fsp3) is 0.357. The van der Waals surface area contributed by atoms with Crippen LogP contribution in [0.5, 0.6) is 0 Å². The van der Waals surface area contributed by atoms with Crippen LogP contribution >= 0.6 is 0 Å². The number of aromatic nitrogens is 1. The molecule has 1 heterocycles. The molecule has 0 atom stereocenters. The zero-order valence-corrected chi connectivity index (χ0v) is 10.6. The monoisotopic (exact) mass is 230 g/mol. The van der Waals surface area contributed by atoms with E-state index in [0.717, 1.165) is 29.6 Å². The molecule has 0 saturated heterocycles. The Bertz CT molecular complexity index is 584. The molecular weight excluding hydrogens is 212 g/mol. The Hall–Kier alpha value is -1.61. The molecule has 2 rings (SSSR count). The predicted octanol–water partition coefficient (Wildman–Crippen LogP) is 1.87. The molecule has 17 heavy (non-hydrogen) atoms. The molecule has 0 amide bonds. The third kappa shape index (κ3) is 2.39. The van der Waals surface area contributed by atoms with E-state index >= 15 is 0 Å². The van der Waals surface area contributed by atoms with Gasteiger partial charge in [-0.3, -0.25) is 4.79 Å². The number of hydrogen-bond donors (Lipinski definition) is 0. The first kappa shape index (κ1) is 11.9. The standard InChI is InChI=1S/C14H18N2O/c1-11-10-16(9-8-15(2)3)14-12(11)6-4-5-7-13(14)17/h4-7,10H,8-9H2,1-3H3. The van der Waals surface area contributed by atoms with Crippen LogP contribution in [0.25, 0.3) is 10.9 Å². The van der Waals surface area contributed by atoms with Gasteiger partial charge in [0.05, 0.1) is 5.52 Å². The lowest BCUT2D eigenvalue weighted by Crippen LogP contribution is -2.19. The van der Waals surface area contributed by atoms with Crippen LogP contribution in [0.3, 0.4) is 0 Å². The van der Waals surface area contributed by atoms with Crippen LogP contribution in [0.15, 0.2) is 35.3 Å². The van der Waals surface area contributed by atoms with E-state index in [4.69, 9.17) is 0 Å². The molecule has 0 aliphatic heterocycles. The van der Waals surface area contributed by atoms with Crippen molar-refractivity contribution in [1.82, 2.24) is 9.47 Å². The number of fused-ring (bicyclic) bond motifs is 1. The highest BCUT2D eigenvalue weighted by atomic mass is 16.1. The van der Waals surface area contributed by atoms with Gasteiger partial charge >= 0.3 is 0 Å². The van der Waals surface area contributed by atoms with E-state index in [9.17, 15) is 4.79 Å². The number of rotatable bonds is 3. The van der Waals surface area contributed by atoms with Crippen molar-refractivity contribution in [3.63, 3.8) is 0 Å². The second kappa shape index (κ2) is 4.72. The molecule has 0 N–H and O–H groups in total. The minimum atomic E-state index is 0.0943. The third-order valence-corrected chi connectivity index (χ3v) is 2.96. The van der Waals surface area contributed by atoms with Gasteiger partial charge in [-0.25, -0.2) is 0 Å². The maximum Gasteiger partial charge on any atom is 0.202 e. The second-order valence-corrected chi connectivity index (χ2v) is 4.65. The SMILES string of the molecule is Cc1cn(CCN(C)C)c2c(=O)ccccc12. The van der Waals surface area contributed by atoms with Crippen molar-refractivity contribution in [2.24, 2.45) is 0 Å². The van der Waals surface area contributed by atoms with Crippen LogP contribution in [-0.4, -0.2) is 30.1 Å². The Balaban J connectivity index is 2.58. The van der Waals surface area contributed by atoms with Gasteiger partial charge in [0.2, 0.25) is 5.43 Å². The van der Waals surface area contributed by atoms with Crippen molar-refractivity contribution in [2.45, 2.75) is 13.5 Å². The summed E-state index contributed by atoms with van der Waals surface area (Å²) in [4.78, 5) is 14.1. The fourth-order valence-corrected chi connectivity index (χ4v) is 2.05. The van der Waals surface area contributed by atoms with Gasteiger partial charge in [-0.2, -0.15) is 0 Å². The molecule has 0 fully saturated rings. The van der Waals surface area contributed by atoms with E-state index < -0.39 is 0 Å². The average Bonchev–Trinajstić information content (AvgIpc) is 2.44. The summed E-state index contributed by atoms with van der Waals surface area (Å²) in [6, 6.07) is 7.37. The van der Waals surface area contributed by atoms with E-state index in [-0.39, 0.29) is 5.43 Å². The Labute approximate surface area is 101 Å². The second-order valence-electron chi connectivity index (χ2n) is 4.65. The van der Waals surface area contributed by atoms with Gasteiger partial charge in [-0.05, 0) is 32.6 Å². The lowest BCUT2D eigenvalue weighted by Gasteiger charge is -2.10. The number of aryl methyl sites for hydroxylation is 1. The zero-order chi connectivity index (χ0) is 12.4. The Morgan fingerprint density at radius 1 is 1.24 bits per heavy atom. The zero-order valence-electron chi connectivity index (χ0n) is 10.6. The molecule has 0 radical (unpaired) electrons. The summed E-state index contributed by atoms with van der Waals surface area (Å²) in [6.45, 7) is 3.83. The molecule has 0 spiro atoms. The van der Waals surface area contributed by atoms with Crippen molar-refractivity contribution in [1.29, 1.82) is 0 Å². The molecule has 0 aliphatic carbocycles. The third-order valence-electron chi connectivity index (χ3n) is 2.96. The van der Waals surface area contributed by atoms with Crippen molar-refractivity contribution in [3.05, 3.63) is 46.2 Å². The van der Waals surface area contributed by atoms with Crippen LogP contribution in [0, 0.1) is 6.92 Å². The highest BCUT2D eigenvalue weighted by Gasteiger charge is 2.07. The normalized spacial score (nSPS) is 11.3. The minimum Gasteiger partial charge on any atom is -0.343 e. The molecule has 0 saturated carbocycles. The van der Waals surface area contributed by atoms with Gasteiger partial charge in [0.15, 0.2) is 0 Å². The molecule has 3 heteroatoms. The average molecular weight is 230 g/mol. The Morgan fingerprint density at radius 3 is 2.65 bits per heavy atom. The fourth-order valence-electron chi connectivity index (χ4n) is 2.05. The minimum absolute atomic E-state index is 0.0943. The molecule has 1 aromatic heterocycles. The van der Waals surface area contributed by atoms with Crippen LogP contribution in [-0.2, 0) is 6.54 Å². The number of hydrogen-bond acceptors (Lipinski definition) is 2. The lowest BCUT2D eigenvalue weighted by molar-refractivity contribution is 0.387. The summed E-state index contributed by atoms with van der Waals surface area (Å²) in [5.41, 5.74) is 2.07. The molecule has 1 aromatic carbocycles. The molecule has 0 aliphatic rings. The molecule has 3 nitrogen and oxygen atoms in total. The van der Waals surface area contributed by atoms with Crippen LogP contribution < -0.4 is 5.43 Å². The molecule has 0 bridgehead atoms. The summed E-state index contributed by atoms with van der Waals surface area (Å²) in [6.07, 6.45) is 2.07. The van der Waals surface area contributed by atoms with Gasteiger partial charge < -0.3 is 9.47 Å². The number of likely N-dealkylation sites (N-methyl/N-ethyl adjacent to an activating group) is 1. The topological polar surface area (TPSA) is 25.2 Å². The molecule has 0 unspecified atom stereocenters. The van der Waals surface area contributed by atoms with E-state index in [1.807, 2.05) is 33.2 Å². The van der Waals surface area contributed by atoms with Crippen LogP contribution in [0.1, 0.15) is 5.56 Å². The summed E-state index contributed by atoms with van der Waals surface area (Å²) in [5.74, 6) is 0. The van der Waals surface area contributed by atoms with Crippen molar-refractivity contribution < 1.29 is 0 Å². The van der Waals surface area contributed by atoms with Crippen LogP contribution in [0.2, 0.25) is 0 Å².